The number of ketones is 1. The number of hydrogen-bond acceptors (Lipinski definition) is 5. The number of carbonyl (C=O) groups is 3. The van der Waals surface area contributed by atoms with Crippen LogP contribution >= 0.6 is 0 Å². The topological polar surface area (TPSA) is 93.0 Å². The summed E-state index contributed by atoms with van der Waals surface area (Å²) in [6.45, 7) is 20.1. The number of carbonyl (C=O) groups excluding carboxylic acids is 3. The van der Waals surface area contributed by atoms with E-state index in [4.69, 9.17) is 4.74 Å². The van der Waals surface area contributed by atoms with Gasteiger partial charge in [0.1, 0.15) is 11.7 Å². The molecule has 1 saturated carbocycles. The summed E-state index contributed by atoms with van der Waals surface area (Å²) in [4.78, 5) is 45.0. The van der Waals surface area contributed by atoms with E-state index in [9.17, 15) is 19.5 Å². The van der Waals surface area contributed by atoms with Gasteiger partial charge in [0.2, 0.25) is 5.91 Å². The van der Waals surface area contributed by atoms with Crippen molar-refractivity contribution in [1.82, 2.24) is 0 Å². The van der Waals surface area contributed by atoms with Crippen molar-refractivity contribution >= 4 is 29.4 Å². The maximum atomic E-state index is 16.6. The zero-order valence-electron chi connectivity index (χ0n) is 31.2. The minimum absolute atomic E-state index is 0.176. The predicted molar refractivity (Wildman–Crippen MR) is 192 cm³/mol. The fraction of sp³-hybridized carbons (Fsp3) is 0.659. The molecule has 1 aromatic rings. The summed E-state index contributed by atoms with van der Waals surface area (Å²) in [6.07, 6.45) is 8.63. The van der Waals surface area contributed by atoms with Gasteiger partial charge in [0.25, 0.3) is 5.67 Å². The minimum atomic E-state index is -2.89. The minimum Gasteiger partial charge on any atom is -0.457 e. The number of hydrogen-bond donors (Lipinski definition) is 1. The Morgan fingerprint density at radius 2 is 1.69 bits per heavy atom. The lowest BCUT2D eigenvalue weighted by molar-refractivity contribution is -0.187. The molecule has 1 N–H and O–H groups in total. The van der Waals surface area contributed by atoms with Crippen LogP contribution in [0, 0.1) is 40.4 Å². The van der Waals surface area contributed by atoms with E-state index in [-0.39, 0.29) is 30.1 Å². The van der Waals surface area contributed by atoms with Crippen LogP contribution < -0.4 is 0 Å². The molecule has 266 valence electrons. The Morgan fingerprint density at radius 1 is 1.06 bits per heavy atom. The fourth-order valence-electron chi connectivity index (χ4n) is 9.40. The van der Waals surface area contributed by atoms with Crippen molar-refractivity contribution in [2.75, 3.05) is 0 Å². The molecule has 1 aliphatic heterocycles. The Morgan fingerprint density at radius 3 is 2.25 bits per heavy atom. The van der Waals surface area contributed by atoms with Crippen LogP contribution in [0.5, 0.6) is 0 Å². The number of ether oxygens (including phenoxy) is 1. The molecule has 0 spiro atoms. The lowest BCUT2D eigenvalue weighted by atomic mass is 9.54. The number of Topliss-reactive ketones (excluding diaryl/α,β-unsaturated/α-hetero) is 1. The van der Waals surface area contributed by atoms with Gasteiger partial charge >= 0.3 is 5.97 Å². The van der Waals surface area contributed by atoms with Crippen molar-refractivity contribution in [3.63, 3.8) is 0 Å². The lowest BCUT2D eigenvalue weighted by Crippen LogP contribution is -2.56. The third kappa shape index (κ3) is 8.80. The van der Waals surface area contributed by atoms with Gasteiger partial charge in [-0.2, -0.15) is 0 Å². The van der Waals surface area contributed by atoms with Crippen molar-refractivity contribution < 1.29 is 28.6 Å². The molecule has 6 nitrogen and oxygen atoms in total. The summed E-state index contributed by atoms with van der Waals surface area (Å²) in [5.74, 6) is -4.58. The summed E-state index contributed by atoms with van der Waals surface area (Å²) < 4.78 is 22.4. The van der Waals surface area contributed by atoms with Crippen LogP contribution in [-0.2, 0) is 19.1 Å². The molecule has 7 heteroatoms. The average molecular weight is 666 g/mol. The van der Waals surface area contributed by atoms with Crippen LogP contribution in [0.15, 0.2) is 53.0 Å². The number of esters is 1. The number of allylic oxidation sites excluding steroid dienone is 3. The monoisotopic (exact) mass is 665 g/mol. The smallest absolute Gasteiger partial charge is 0.351 e. The van der Waals surface area contributed by atoms with Gasteiger partial charge in [0.05, 0.1) is 0 Å². The van der Waals surface area contributed by atoms with Crippen LogP contribution in [0.25, 0.3) is 6.08 Å². The number of aliphatic hydroxyl groups is 1. The molecule has 1 amide bonds. The Hall–Kier alpha value is -2.93. The Kier molecular flexibility index (Phi) is 12.6. The van der Waals surface area contributed by atoms with Crippen LogP contribution in [0.4, 0.5) is 4.39 Å². The van der Waals surface area contributed by atoms with Crippen molar-refractivity contribution in [2.24, 2.45) is 45.4 Å². The molecule has 0 aromatic heterocycles. The Labute approximate surface area is 288 Å². The second kappa shape index (κ2) is 15.3. The summed E-state index contributed by atoms with van der Waals surface area (Å²) in [7, 11) is 0. The molecule has 0 radical (unpaired) electrons. The maximum absolute atomic E-state index is 16.6. The molecule has 2 fully saturated rings. The molecule has 48 heavy (non-hydrogen) atoms. The number of benzene rings is 1. The molecule has 1 aliphatic carbocycles. The van der Waals surface area contributed by atoms with Gasteiger partial charge in [-0.05, 0) is 86.5 Å². The highest BCUT2D eigenvalue weighted by molar-refractivity contribution is 6.07. The van der Waals surface area contributed by atoms with Crippen LogP contribution in [0.1, 0.15) is 120 Å². The molecule has 3 rings (SSSR count). The molecule has 2 aliphatic rings. The SMILES string of the molecule is CC[C@H]1OC(=O)[C@@](C)(F)C(=O)[C@H](C)[C@@H](C(C)(C)C)[C@]2(C)CC/C(=C/C=C/c3ccccc3)CC[C@H]([C@@H](C)C(=NC(C)=O)[C@H](C)C2)[C@]1(C)O. The van der Waals surface area contributed by atoms with E-state index in [0.717, 1.165) is 18.9 Å². The van der Waals surface area contributed by atoms with Gasteiger partial charge in [-0.25, -0.2) is 14.2 Å². The molecular weight excluding hydrogens is 605 g/mol. The number of aliphatic imine (C=N–C) groups is 1. The molecule has 1 aromatic carbocycles. The third-order valence-electron chi connectivity index (χ3n) is 11.3. The first-order valence-corrected chi connectivity index (χ1v) is 17.8. The fourth-order valence-corrected chi connectivity index (χ4v) is 9.40. The third-order valence-corrected chi connectivity index (χ3v) is 11.3. The van der Waals surface area contributed by atoms with E-state index in [1.807, 2.05) is 37.3 Å². The molecule has 0 unspecified atom stereocenters. The highest BCUT2D eigenvalue weighted by Gasteiger charge is 2.55. The Bertz CT molecular complexity index is 1400. The highest BCUT2D eigenvalue weighted by atomic mass is 19.1. The van der Waals surface area contributed by atoms with Crippen molar-refractivity contribution in [3.8, 4) is 0 Å². The number of amides is 1. The van der Waals surface area contributed by atoms with E-state index in [1.54, 1.807) is 20.8 Å². The van der Waals surface area contributed by atoms with Crippen LogP contribution in [0.3, 0.4) is 0 Å². The largest absolute Gasteiger partial charge is 0.457 e. The summed E-state index contributed by atoms with van der Waals surface area (Å²) in [6, 6.07) is 10.1. The Balaban J connectivity index is 2.38. The van der Waals surface area contributed by atoms with Gasteiger partial charge in [-0.1, -0.05) is 110 Å². The predicted octanol–water partition coefficient (Wildman–Crippen LogP) is 9.15. The molecule has 1 saturated heterocycles. The molecule has 1 heterocycles. The van der Waals surface area contributed by atoms with Crippen molar-refractivity contribution in [3.05, 3.63) is 53.6 Å². The zero-order valence-corrected chi connectivity index (χ0v) is 31.2. The maximum Gasteiger partial charge on any atom is 0.351 e. The van der Waals surface area contributed by atoms with E-state index in [0.29, 0.717) is 31.4 Å². The van der Waals surface area contributed by atoms with Crippen molar-refractivity contribution in [2.45, 2.75) is 132 Å². The van der Waals surface area contributed by atoms with E-state index in [1.165, 1.54) is 12.5 Å². The van der Waals surface area contributed by atoms with E-state index < -0.39 is 51.8 Å². The highest BCUT2D eigenvalue weighted by Crippen LogP contribution is 2.54. The van der Waals surface area contributed by atoms with Crippen LogP contribution in [0.2, 0.25) is 0 Å². The number of rotatable bonds is 3. The van der Waals surface area contributed by atoms with Gasteiger partial charge < -0.3 is 9.84 Å². The number of fused-ring (bicyclic) bond motifs is 5. The van der Waals surface area contributed by atoms with E-state index >= 15 is 4.39 Å². The molecular formula is C41H60FNO5. The average Bonchev–Trinajstić information content (AvgIpc) is 3.00. The second-order valence-corrected chi connectivity index (χ2v) is 16.4. The number of nitrogens with zero attached hydrogens (tertiary/aromatic N) is 1. The summed E-state index contributed by atoms with van der Waals surface area (Å²) in [5, 5.41) is 12.4. The van der Waals surface area contributed by atoms with Crippen LogP contribution in [-0.4, -0.2) is 45.9 Å². The number of alkyl halides is 1. The molecule has 9 atom stereocenters. The van der Waals surface area contributed by atoms with Gasteiger partial charge in [-0.3, -0.25) is 9.59 Å². The first-order valence-electron chi connectivity index (χ1n) is 17.8. The van der Waals surface area contributed by atoms with E-state index in [2.05, 4.69) is 57.8 Å². The summed E-state index contributed by atoms with van der Waals surface area (Å²) in [5.41, 5.74) is -2.49. The summed E-state index contributed by atoms with van der Waals surface area (Å²) >= 11 is 0. The number of cyclic esters (lactones) is 1. The van der Waals surface area contributed by atoms with Gasteiger partial charge in [0, 0.05) is 24.5 Å². The second-order valence-electron chi connectivity index (χ2n) is 16.4. The van der Waals surface area contributed by atoms with Gasteiger partial charge in [-0.15, -0.1) is 0 Å². The quantitative estimate of drug-likeness (QED) is 0.257. The number of halogens is 1. The first-order chi connectivity index (χ1) is 22.2. The first kappa shape index (κ1) is 39.5. The van der Waals surface area contributed by atoms with Crippen molar-refractivity contribution in [1.29, 1.82) is 0 Å². The lowest BCUT2D eigenvalue weighted by Gasteiger charge is -2.50. The zero-order chi connectivity index (χ0) is 36.2. The van der Waals surface area contributed by atoms with Gasteiger partial charge in [0.15, 0.2) is 5.78 Å². The molecule has 2 bridgehead atoms. The normalized spacial score (nSPS) is 37.9. The standard InChI is InChI=1S/C41H60FNO5/c1-12-33-41(11,47)32-22-21-31(20-16-19-30-17-14-13-15-18-30)23-24-39(9,25-26(2)34(27(32)3)43-29(5)44)35(38(6,7)8)28(4)36(45)40(10,42)37(46)48-33/h13-20,26-28,32-33,35,47H,12,21-25H2,1-11H3/b19-16+,31-20+,43-34?/t26-,27-,28-,32-,33-,35+,39-,40+,41+/m1/s1.